The molecule has 0 N–H and O–H groups in total. The molecule has 0 radical (unpaired) electrons. The summed E-state index contributed by atoms with van der Waals surface area (Å²) in [6.07, 6.45) is 3.46. The van der Waals surface area contributed by atoms with Gasteiger partial charge in [0.2, 0.25) is 5.91 Å². The number of nitrogens with zero attached hydrogens (tertiary/aromatic N) is 1. The number of hydrogen-bond acceptors (Lipinski definition) is 2. The highest BCUT2D eigenvalue weighted by atomic mass is 32.2. The zero-order chi connectivity index (χ0) is 16.1. The molecule has 0 bridgehead atoms. The molecule has 1 aliphatic rings. The first-order valence-corrected chi connectivity index (χ1v) is 9.21. The van der Waals surface area contributed by atoms with Crippen LogP contribution in [-0.2, 0) is 4.79 Å². The summed E-state index contributed by atoms with van der Waals surface area (Å²) >= 11 is 1.65. The minimum absolute atomic E-state index is 0.167. The molecule has 3 rings (SSSR count). The van der Waals surface area contributed by atoms with Gasteiger partial charge in [-0.1, -0.05) is 48.5 Å². The van der Waals surface area contributed by atoms with Crippen molar-refractivity contribution in [2.75, 3.05) is 6.54 Å². The first kappa shape index (κ1) is 16.1. The van der Waals surface area contributed by atoms with Crippen LogP contribution in [0, 0.1) is 0 Å². The maximum atomic E-state index is 13.2. The van der Waals surface area contributed by atoms with Crippen molar-refractivity contribution in [3.8, 4) is 0 Å². The van der Waals surface area contributed by atoms with Crippen molar-refractivity contribution in [2.24, 2.45) is 0 Å². The number of hydrogen-bond donors (Lipinski definition) is 0. The molecular weight excluding hydrogens is 302 g/mol. The molecule has 2 aromatic rings. The molecule has 3 heteroatoms. The SMILES string of the molecule is C[C@H]1CCCCN1C(=O)[C@@H](Sc1ccccc1)c1ccccc1. The van der Waals surface area contributed by atoms with Gasteiger partial charge in [-0.25, -0.2) is 0 Å². The summed E-state index contributed by atoms with van der Waals surface area (Å²) in [6, 6.07) is 20.7. The molecule has 120 valence electrons. The topological polar surface area (TPSA) is 20.3 Å². The molecule has 1 amide bonds. The van der Waals surface area contributed by atoms with E-state index >= 15 is 0 Å². The van der Waals surface area contributed by atoms with Gasteiger partial charge in [0.15, 0.2) is 0 Å². The van der Waals surface area contributed by atoms with E-state index in [4.69, 9.17) is 0 Å². The zero-order valence-corrected chi connectivity index (χ0v) is 14.3. The first-order valence-electron chi connectivity index (χ1n) is 8.33. The number of carbonyl (C=O) groups excluding carboxylic acids is 1. The van der Waals surface area contributed by atoms with E-state index in [1.165, 1.54) is 6.42 Å². The van der Waals surface area contributed by atoms with Crippen LogP contribution in [0.25, 0.3) is 0 Å². The van der Waals surface area contributed by atoms with Gasteiger partial charge in [0.1, 0.15) is 5.25 Å². The fraction of sp³-hybridized carbons (Fsp3) is 0.350. The minimum Gasteiger partial charge on any atom is -0.339 e. The summed E-state index contributed by atoms with van der Waals surface area (Å²) in [7, 11) is 0. The Bertz CT molecular complexity index is 629. The van der Waals surface area contributed by atoms with E-state index in [0.717, 1.165) is 29.8 Å². The van der Waals surface area contributed by atoms with Crippen molar-refractivity contribution >= 4 is 17.7 Å². The normalized spacial score (nSPS) is 19.3. The number of likely N-dealkylation sites (tertiary alicyclic amines) is 1. The van der Waals surface area contributed by atoms with E-state index in [1.807, 2.05) is 36.4 Å². The molecule has 0 saturated carbocycles. The number of amides is 1. The lowest BCUT2D eigenvalue weighted by Gasteiger charge is -2.36. The Morgan fingerprint density at radius 3 is 2.35 bits per heavy atom. The Balaban J connectivity index is 1.87. The molecule has 1 aliphatic heterocycles. The van der Waals surface area contributed by atoms with Crippen molar-refractivity contribution in [2.45, 2.75) is 42.4 Å². The molecule has 2 atom stereocenters. The van der Waals surface area contributed by atoms with Gasteiger partial charge >= 0.3 is 0 Å². The van der Waals surface area contributed by atoms with Gasteiger partial charge in [-0.15, -0.1) is 11.8 Å². The molecule has 2 nitrogen and oxygen atoms in total. The van der Waals surface area contributed by atoms with Crippen molar-refractivity contribution in [1.82, 2.24) is 4.90 Å². The molecule has 0 aromatic heterocycles. The van der Waals surface area contributed by atoms with E-state index in [9.17, 15) is 4.79 Å². The Labute approximate surface area is 142 Å². The molecule has 0 unspecified atom stereocenters. The van der Waals surface area contributed by atoms with Crippen molar-refractivity contribution < 1.29 is 4.79 Å². The van der Waals surface area contributed by atoms with Crippen LogP contribution in [0.5, 0.6) is 0 Å². The molecule has 23 heavy (non-hydrogen) atoms. The Morgan fingerprint density at radius 2 is 1.70 bits per heavy atom. The van der Waals surface area contributed by atoms with E-state index in [1.54, 1.807) is 11.8 Å². The molecule has 1 heterocycles. The third-order valence-corrected chi connectivity index (χ3v) is 5.66. The van der Waals surface area contributed by atoms with Crippen LogP contribution in [0.1, 0.15) is 37.0 Å². The minimum atomic E-state index is -0.167. The Hall–Kier alpha value is -1.74. The van der Waals surface area contributed by atoms with Gasteiger partial charge in [0, 0.05) is 17.5 Å². The van der Waals surface area contributed by atoms with Gasteiger partial charge in [0.05, 0.1) is 0 Å². The average Bonchev–Trinajstić information content (AvgIpc) is 2.61. The van der Waals surface area contributed by atoms with Gasteiger partial charge in [0.25, 0.3) is 0 Å². The summed E-state index contributed by atoms with van der Waals surface area (Å²) < 4.78 is 0. The fourth-order valence-corrected chi connectivity index (χ4v) is 4.22. The zero-order valence-electron chi connectivity index (χ0n) is 13.5. The highest BCUT2D eigenvalue weighted by Crippen LogP contribution is 2.37. The summed E-state index contributed by atoms with van der Waals surface area (Å²) in [4.78, 5) is 16.4. The number of carbonyl (C=O) groups is 1. The van der Waals surface area contributed by atoms with Gasteiger partial charge in [-0.05, 0) is 43.9 Å². The standard InChI is InChI=1S/C20H23NOS/c1-16-10-8-9-15-21(16)20(22)19(17-11-4-2-5-12-17)23-18-13-6-3-7-14-18/h2-7,11-14,16,19H,8-10,15H2,1H3/t16-,19-/m0/s1. The predicted molar refractivity (Wildman–Crippen MR) is 96.5 cm³/mol. The van der Waals surface area contributed by atoms with Crippen LogP contribution in [0.3, 0.4) is 0 Å². The van der Waals surface area contributed by atoms with Crippen molar-refractivity contribution in [3.05, 3.63) is 66.2 Å². The van der Waals surface area contributed by atoms with Crippen LogP contribution >= 0.6 is 11.8 Å². The maximum Gasteiger partial charge on any atom is 0.240 e. The molecule has 2 aromatic carbocycles. The lowest BCUT2D eigenvalue weighted by atomic mass is 10.0. The lowest BCUT2D eigenvalue weighted by molar-refractivity contribution is -0.133. The fourth-order valence-electron chi connectivity index (χ4n) is 3.10. The Kier molecular flexibility index (Phi) is 5.39. The van der Waals surface area contributed by atoms with Gasteiger partial charge in [-0.2, -0.15) is 0 Å². The average molecular weight is 325 g/mol. The molecular formula is C20H23NOS. The van der Waals surface area contributed by atoms with Crippen LogP contribution < -0.4 is 0 Å². The third-order valence-electron chi connectivity index (χ3n) is 4.41. The van der Waals surface area contributed by atoms with E-state index < -0.39 is 0 Å². The highest BCUT2D eigenvalue weighted by Gasteiger charge is 2.31. The van der Waals surface area contributed by atoms with Crippen molar-refractivity contribution in [3.63, 3.8) is 0 Å². The summed E-state index contributed by atoms with van der Waals surface area (Å²) in [6.45, 7) is 3.06. The summed E-state index contributed by atoms with van der Waals surface area (Å²) in [5, 5.41) is -0.167. The monoisotopic (exact) mass is 325 g/mol. The molecule has 1 fully saturated rings. The second-order valence-electron chi connectivity index (χ2n) is 6.10. The second kappa shape index (κ2) is 7.69. The maximum absolute atomic E-state index is 13.2. The predicted octanol–water partition coefficient (Wildman–Crippen LogP) is 4.92. The first-order chi connectivity index (χ1) is 11.3. The number of benzene rings is 2. The lowest BCUT2D eigenvalue weighted by Crippen LogP contribution is -2.43. The molecule has 1 saturated heterocycles. The summed E-state index contributed by atoms with van der Waals surface area (Å²) in [5.41, 5.74) is 1.09. The smallest absolute Gasteiger partial charge is 0.240 e. The molecule has 0 spiro atoms. The number of rotatable bonds is 4. The van der Waals surface area contributed by atoms with E-state index in [2.05, 4.69) is 36.1 Å². The van der Waals surface area contributed by atoms with Crippen LogP contribution in [0.15, 0.2) is 65.6 Å². The van der Waals surface area contributed by atoms with Crippen LogP contribution in [0.4, 0.5) is 0 Å². The van der Waals surface area contributed by atoms with Crippen LogP contribution in [-0.4, -0.2) is 23.4 Å². The van der Waals surface area contributed by atoms with Crippen molar-refractivity contribution in [1.29, 1.82) is 0 Å². The van der Waals surface area contributed by atoms with Crippen LogP contribution in [0.2, 0.25) is 0 Å². The largest absolute Gasteiger partial charge is 0.339 e. The third kappa shape index (κ3) is 3.97. The number of thioether (sulfide) groups is 1. The highest BCUT2D eigenvalue weighted by molar-refractivity contribution is 8.00. The quantitative estimate of drug-likeness (QED) is 0.744. The number of piperidine rings is 1. The van der Waals surface area contributed by atoms with E-state index in [0.29, 0.717) is 6.04 Å². The summed E-state index contributed by atoms with van der Waals surface area (Å²) in [5.74, 6) is 0.247. The van der Waals surface area contributed by atoms with E-state index in [-0.39, 0.29) is 11.2 Å². The Morgan fingerprint density at radius 1 is 1.04 bits per heavy atom. The van der Waals surface area contributed by atoms with Gasteiger partial charge < -0.3 is 4.90 Å². The second-order valence-corrected chi connectivity index (χ2v) is 7.28. The molecule has 0 aliphatic carbocycles. The van der Waals surface area contributed by atoms with Gasteiger partial charge in [-0.3, -0.25) is 4.79 Å².